The fraction of sp³-hybridized carbons (Fsp3) is 0.192. The number of aryl methyl sites for hydroxylation is 1. The van der Waals surface area contributed by atoms with E-state index >= 15 is 0 Å². The minimum absolute atomic E-state index is 0.0708. The Morgan fingerprint density at radius 2 is 1.87 bits per heavy atom. The van der Waals surface area contributed by atoms with Gasteiger partial charge in [0.15, 0.2) is 11.0 Å². The van der Waals surface area contributed by atoms with E-state index in [0.717, 1.165) is 28.8 Å². The normalized spacial score (nSPS) is 21.4. The van der Waals surface area contributed by atoms with Crippen LogP contribution in [-0.2, 0) is 4.79 Å². The van der Waals surface area contributed by atoms with Gasteiger partial charge < -0.3 is 0 Å². The summed E-state index contributed by atoms with van der Waals surface area (Å²) in [5.74, 6) is 0.0708. The maximum Gasteiger partial charge on any atom is 0.188 e. The molecular weight excluding hydrogens is 388 g/mol. The molecule has 0 bridgehead atoms. The summed E-state index contributed by atoms with van der Waals surface area (Å²) in [7, 11) is 0. The summed E-state index contributed by atoms with van der Waals surface area (Å²) in [6, 6.07) is 18.5. The molecule has 0 amide bonds. The second-order valence-electron chi connectivity index (χ2n) is 7.00. The van der Waals surface area contributed by atoms with E-state index in [0.29, 0.717) is 5.17 Å². The summed E-state index contributed by atoms with van der Waals surface area (Å²) in [5, 5.41) is 0.320. The smallest absolute Gasteiger partial charge is 0.188 e. The molecule has 0 spiro atoms. The lowest BCUT2D eigenvalue weighted by molar-refractivity contribution is -0.113. The number of ketones is 1. The van der Waals surface area contributed by atoms with Crippen LogP contribution in [0.4, 0.5) is 0 Å². The minimum atomic E-state index is -0.258. The van der Waals surface area contributed by atoms with Crippen LogP contribution in [0.2, 0.25) is 0 Å². The van der Waals surface area contributed by atoms with Gasteiger partial charge in [-0.15, -0.1) is 0 Å². The van der Waals surface area contributed by atoms with E-state index in [2.05, 4.69) is 48.3 Å². The molecule has 4 heteroatoms. The zero-order valence-electron chi connectivity index (χ0n) is 17.6. The predicted octanol–water partition coefficient (Wildman–Crippen LogP) is 6.52. The van der Waals surface area contributed by atoms with Crippen molar-refractivity contribution in [1.29, 1.82) is 0 Å². The Labute approximate surface area is 183 Å². The lowest BCUT2D eigenvalue weighted by Gasteiger charge is -2.14. The summed E-state index contributed by atoms with van der Waals surface area (Å²) in [6.45, 7) is 6.00. The number of hydrogen-bond acceptors (Lipinski definition) is 4. The number of aliphatic imine (C=N–C) groups is 2. The number of rotatable bonds is 6. The van der Waals surface area contributed by atoms with Gasteiger partial charge >= 0.3 is 0 Å². The molecule has 2 aromatic carbocycles. The molecule has 30 heavy (non-hydrogen) atoms. The van der Waals surface area contributed by atoms with Crippen LogP contribution in [0.5, 0.6) is 0 Å². The Bertz CT molecular complexity index is 1050. The molecule has 2 aromatic rings. The fourth-order valence-corrected chi connectivity index (χ4v) is 3.79. The largest absolute Gasteiger partial charge is 0.294 e. The second kappa shape index (κ2) is 10.7. The van der Waals surface area contributed by atoms with Gasteiger partial charge in [-0.2, -0.15) is 0 Å². The Morgan fingerprint density at radius 3 is 2.60 bits per heavy atom. The van der Waals surface area contributed by atoms with Crippen molar-refractivity contribution < 1.29 is 4.79 Å². The molecule has 3 nitrogen and oxygen atoms in total. The van der Waals surface area contributed by atoms with Gasteiger partial charge in [0, 0.05) is 17.4 Å². The van der Waals surface area contributed by atoms with E-state index in [-0.39, 0.29) is 11.0 Å². The number of carbonyl (C=O) groups is 1. The highest BCUT2D eigenvalue weighted by Crippen LogP contribution is 2.31. The van der Waals surface area contributed by atoms with Crippen LogP contribution in [0.3, 0.4) is 0 Å². The van der Waals surface area contributed by atoms with Gasteiger partial charge in [-0.3, -0.25) is 4.79 Å². The molecule has 1 heterocycles. The summed E-state index contributed by atoms with van der Waals surface area (Å²) in [4.78, 5) is 21.8. The summed E-state index contributed by atoms with van der Waals surface area (Å²) in [6.07, 6.45) is 10.1. The van der Waals surface area contributed by atoms with Crippen LogP contribution in [0, 0.1) is 6.92 Å². The molecule has 0 saturated carbocycles. The van der Waals surface area contributed by atoms with Gasteiger partial charge in [0.05, 0.1) is 10.9 Å². The first-order chi connectivity index (χ1) is 14.6. The third-order valence-corrected chi connectivity index (χ3v) is 5.57. The molecule has 0 aromatic heterocycles. The number of hydrogen-bond donors (Lipinski definition) is 0. The molecular formula is C26H26N2OS. The lowest BCUT2D eigenvalue weighted by atomic mass is 9.97. The van der Waals surface area contributed by atoms with E-state index in [1.807, 2.05) is 50.3 Å². The quantitative estimate of drug-likeness (QED) is 0.505. The van der Waals surface area contributed by atoms with E-state index in [1.54, 1.807) is 12.3 Å². The average molecular weight is 415 g/mol. The highest BCUT2D eigenvalue weighted by molar-refractivity contribution is 8.15. The van der Waals surface area contributed by atoms with Crippen LogP contribution >= 0.6 is 11.8 Å². The number of nitrogens with zero attached hydrogens (tertiary/aromatic N) is 2. The molecule has 3 rings (SSSR count). The van der Waals surface area contributed by atoms with Crippen LogP contribution in [0.15, 0.2) is 88.9 Å². The Hall–Kier alpha value is -2.98. The number of amidine groups is 1. The lowest BCUT2D eigenvalue weighted by Crippen LogP contribution is -2.12. The van der Waals surface area contributed by atoms with E-state index in [1.165, 1.54) is 17.3 Å². The molecule has 1 aliphatic rings. The summed E-state index contributed by atoms with van der Waals surface area (Å²) in [5.41, 5.74) is 5.18. The first-order valence-corrected chi connectivity index (χ1v) is 11.0. The molecule has 1 unspecified atom stereocenters. The second-order valence-corrected chi connectivity index (χ2v) is 8.31. The predicted molar refractivity (Wildman–Crippen MR) is 131 cm³/mol. The third-order valence-electron chi connectivity index (χ3n) is 4.57. The molecule has 0 fully saturated rings. The number of benzene rings is 2. The number of carbonyl (C=O) groups excluding carboxylic acids is 1. The highest BCUT2D eigenvalue weighted by Gasteiger charge is 2.17. The van der Waals surface area contributed by atoms with Crippen molar-refractivity contribution in [1.82, 2.24) is 0 Å². The van der Waals surface area contributed by atoms with Crippen LogP contribution in [0.25, 0.3) is 11.3 Å². The topological polar surface area (TPSA) is 41.8 Å². The van der Waals surface area contributed by atoms with Crippen molar-refractivity contribution >= 4 is 40.2 Å². The van der Waals surface area contributed by atoms with Gasteiger partial charge in [0.1, 0.15) is 0 Å². The summed E-state index contributed by atoms with van der Waals surface area (Å²) < 4.78 is 0. The molecule has 0 N–H and O–H groups in total. The van der Waals surface area contributed by atoms with Crippen molar-refractivity contribution in [3.05, 3.63) is 95.6 Å². The number of allylic oxidation sites excluding steroid dienone is 5. The molecule has 0 saturated heterocycles. The van der Waals surface area contributed by atoms with Crippen molar-refractivity contribution in [3.63, 3.8) is 0 Å². The molecule has 1 aliphatic heterocycles. The number of thioether (sulfide) groups is 1. The molecule has 0 radical (unpaired) electrons. The van der Waals surface area contributed by atoms with Crippen molar-refractivity contribution in [2.75, 3.05) is 0 Å². The maximum atomic E-state index is 12.4. The van der Waals surface area contributed by atoms with E-state index in [4.69, 9.17) is 4.99 Å². The third kappa shape index (κ3) is 5.77. The highest BCUT2D eigenvalue weighted by atomic mass is 32.2. The monoisotopic (exact) mass is 414 g/mol. The summed E-state index contributed by atoms with van der Waals surface area (Å²) >= 11 is 1.38. The van der Waals surface area contributed by atoms with E-state index in [9.17, 15) is 4.79 Å². The van der Waals surface area contributed by atoms with Gasteiger partial charge in [-0.05, 0) is 38.0 Å². The zero-order valence-corrected chi connectivity index (χ0v) is 18.4. The average Bonchev–Trinajstić information content (AvgIpc) is 2.74. The standard InChI is InChI=1S/C26H26N2OS/c1-4-5-16-24(29)20(3)30-26-27-17-10-15-23(22-14-9-11-19(2)18-22)25(28-26)21-12-7-6-8-13-21/h5-18,20H,4H2,1-3H3/b15-10+,16-5+,17-10?,23-15?,25-23+,27-17+,27-26?,28-25?,28-26+. The first-order valence-electron chi connectivity index (χ1n) is 10.1. The maximum absolute atomic E-state index is 12.4. The Kier molecular flexibility index (Phi) is 7.75. The van der Waals surface area contributed by atoms with E-state index < -0.39 is 0 Å². The zero-order chi connectivity index (χ0) is 21.3. The van der Waals surface area contributed by atoms with Gasteiger partial charge in [-0.25, -0.2) is 9.98 Å². The van der Waals surface area contributed by atoms with Gasteiger partial charge in [0.2, 0.25) is 0 Å². The molecule has 1 atom stereocenters. The molecule has 0 aliphatic carbocycles. The van der Waals surface area contributed by atoms with Gasteiger partial charge in [0.25, 0.3) is 0 Å². The fourth-order valence-electron chi connectivity index (χ4n) is 3.01. The SMILES string of the molecule is CC/C=C/C(=O)C(C)SC1=N/C(c2ccccc2)=C(c2cccc(C)c2)\C=C\C=N\1. The minimum Gasteiger partial charge on any atom is -0.294 e. The Morgan fingerprint density at radius 1 is 1.10 bits per heavy atom. The van der Waals surface area contributed by atoms with Crippen molar-refractivity contribution in [2.24, 2.45) is 9.98 Å². The van der Waals surface area contributed by atoms with Crippen molar-refractivity contribution in [3.8, 4) is 0 Å². The van der Waals surface area contributed by atoms with Crippen LogP contribution < -0.4 is 0 Å². The molecule has 152 valence electrons. The van der Waals surface area contributed by atoms with Gasteiger partial charge in [-0.1, -0.05) is 91.0 Å². The first kappa shape index (κ1) is 21.7. The van der Waals surface area contributed by atoms with Crippen molar-refractivity contribution in [2.45, 2.75) is 32.4 Å². The van der Waals surface area contributed by atoms with Crippen LogP contribution in [0.1, 0.15) is 37.0 Å². The Balaban J connectivity index is 2.07. The van der Waals surface area contributed by atoms with Crippen LogP contribution in [-0.4, -0.2) is 22.4 Å².